The average molecular weight is 504 g/mol. The van der Waals surface area contributed by atoms with Crippen LogP contribution >= 0.6 is 0 Å². The molecule has 0 aliphatic rings. The lowest BCUT2D eigenvalue weighted by molar-refractivity contribution is 0.414. The third kappa shape index (κ3) is 4.20. The summed E-state index contributed by atoms with van der Waals surface area (Å²) in [6.07, 6.45) is 1.50. The van der Waals surface area contributed by atoms with Crippen molar-refractivity contribution >= 4 is 17.1 Å². The molecular weight excluding hydrogens is 482 g/mol. The first kappa shape index (κ1) is 24.2. The third-order valence-electron chi connectivity index (χ3n) is 5.98. The monoisotopic (exact) mass is 503 g/mol. The molecule has 0 N–H and O–H groups in total. The minimum absolute atomic E-state index is 0.0826. The van der Waals surface area contributed by atoms with Crippen molar-refractivity contribution in [3.63, 3.8) is 0 Å². The van der Waals surface area contributed by atoms with Gasteiger partial charge in [-0.25, -0.2) is 0 Å². The van der Waals surface area contributed by atoms with Crippen LogP contribution in [0.5, 0.6) is 11.5 Å². The fraction of sp³-hybridized carbons (Fsp3) is 0.0690. The van der Waals surface area contributed by atoms with Gasteiger partial charge in [0.15, 0.2) is 5.52 Å². The van der Waals surface area contributed by atoms with Crippen LogP contribution < -0.4 is 20.6 Å². The Bertz CT molecular complexity index is 1850. The van der Waals surface area contributed by atoms with Gasteiger partial charge in [-0.3, -0.25) is 9.59 Å². The molecule has 0 saturated heterocycles. The van der Waals surface area contributed by atoms with Gasteiger partial charge in [0.2, 0.25) is 0 Å². The van der Waals surface area contributed by atoms with Crippen LogP contribution in [-0.2, 0) is 0 Å². The third-order valence-corrected chi connectivity index (χ3v) is 5.98. The van der Waals surface area contributed by atoms with Crippen LogP contribution in [0.25, 0.3) is 27.8 Å². The number of ether oxygens (including phenoxy) is 2. The molecule has 0 bridgehead atoms. The molecule has 2 heterocycles. The van der Waals surface area contributed by atoms with E-state index in [9.17, 15) is 14.9 Å². The van der Waals surface area contributed by atoms with Gasteiger partial charge in [-0.05, 0) is 42.5 Å². The average Bonchev–Trinajstić information content (AvgIpc) is 2.97. The van der Waals surface area contributed by atoms with Crippen molar-refractivity contribution in [2.75, 3.05) is 14.2 Å². The number of benzene rings is 3. The highest BCUT2D eigenvalue weighted by atomic mass is 16.5. The van der Waals surface area contributed by atoms with Crippen LogP contribution in [0.4, 0.5) is 0 Å². The summed E-state index contributed by atoms with van der Waals surface area (Å²) in [5.41, 5.74) is 0.404. The SMILES string of the molecule is COc1ccccc1C=Nn1c(-c2ccccc2OC)cc2c(C#N)c(=O)n(-c3ccccc3)nc2c1=O. The summed E-state index contributed by atoms with van der Waals surface area (Å²) in [5.74, 6) is 1.06. The van der Waals surface area contributed by atoms with Crippen molar-refractivity contribution in [3.05, 3.63) is 117 Å². The number of pyridine rings is 1. The lowest BCUT2D eigenvalue weighted by atomic mass is 10.1. The van der Waals surface area contributed by atoms with Gasteiger partial charge in [0.1, 0.15) is 23.1 Å². The molecule has 5 rings (SSSR count). The maximum absolute atomic E-state index is 14.0. The van der Waals surface area contributed by atoms with E-state index in [0.717, 1.165) is 4.68 Å². The van der Waals surface area contributed by atoms with Crippen LogP contribution in [0.2, 0.25) is 0 Å². The first-order valence-electron chi connectivity index (χ1n) is 11.6. The van der Waals surface area contributed by atoms with E-state index in [0.29, 0.717) is 34.0 Å². The number of fused-ring (bicyclic) bond motifs is 1. The first-order chi connectivity index (χ1) is 18.6. The van der Waals surface area contributed by atoms with E-state index in [1.165, 1.54) is 18.0 Å². The number of nitriles is 1. The van der Waals surface area contributed by atoms with E-state index in [1.807, 2.05) is 18.2 Å². The summed E-state index contributed by atoms with van der Waals surface area (Å²) < 4.78 is 13.2. The number of hydrogen-bond acceptors (Lipinski definition) is 7. The molecule has 0 unspecified atom stereocenters. The summed E-state index contributed by atoms with van der Waals surface area (Å²) >= 11 is 0. The molecule has 2 aromatic heterocycles. The molecule has 0 aliphatic heterocycles. The number of aromatic nitrogens is 3. The second kappa shape index (κ2) is 10.2. The van der Waals surface area contributed by atoms with Crippen LogP contribution in [-0.4, -0.2) is 34.9 Å². The number of rotatable bonds is 6. The summed E-state index contributed by atoms with van der Waals surface area (Å²) in [7, 11) is 3.06. The topological polar surface area (TPSA) is 112 Å². The quantitative estimate of drug-likeness (QED) is 0.324. The number of methoxy groups -OCH3 is 2. The Labute approximate surface area is 217 Å². The van der Waals surface area contributed by atoms with Crippen molar-refractivity contribution in [3.8, 4) is 34.5 Å². The Balaban J connectivity index is 1.87. The molecule has 9 heteroatoms. The molecule has 0 radical (unpaired) electrons. The van der Waals surface area contributed by atoms with Crippen LogP contribution in [0, 0.1) is 11.3 Å². The van der Waals surface area contributed by atoms with Crippen LogP contribution in [0.15, 0.2) is 99.6 Å². The van der Waals surface area contributed by atoms with Crippen molar-refractivity contribution < 1.29 is 9.47 Å². The largest absolute Gasteiger partial charge is 0.496 e. The highest BCUT2D eigenvalue weighted by Gasteiger charge is 2.21. The summed E-state index contributed by atoms with van der Waals surface area (Å²) in [4.78, 5) is 27.2. The van der Waals surface area contributed by atoms with E-state index in [4.69, 9.17) is 9.47 Å². The number of para-hydroxylation sites is 3. The zero-order valence-electron chi connectivity index (χ0n) is 20.5. The van der Waals surface area contributed by atoms with Gasteiger partial charge in [-0.1, -0.05) is 42.5 Å². The Kier molecular flexibility index (Phi) is 6.53. The fourth-order valence-corrected chi connectivity index (χ4v) is 4.15. The lowest BCUT2D eigenvalue weighted by Gasteiger charge is -2.14. The van der Waals surface area contributed by atoms with E-state index >= 15 is 0 Å². The van der Waals surface area contributed by atoms with E-state index in [1.54, 1.807) is 79.9 Å². The van der Waals surface area contributed by atoms with E-state index in [2.05, 4.69) is 10.2 Å². The summed E-state index contributed by atoms with van der Waals surface area (Å²) in [5, 5.41) is 18.9. The molecule has 9 nitrogen and oxygen atoms in total. The molecule has 186 valence electrons. The van der Waals surface area contributed by atoms with Crippen molar-refractivity contribution in [1.29, 1.82) is 5.26 Å². The highest BCUT2D eigenvalue weighted by molar-refractivity contribution is 5.89. The van der Waals surface area contributed by atoms with Crippen molar-refractivity contribution in [2.24, 2.45) is 5.10 Å². The molecule has 0 spiro atoms. The zero-order chi connectivity index (χ0) is 26.6. The van der Waals surface area contributed by atoms with E-state index in [-0.39, 0.29) is 16.5 Å². The Morgan fingerprint density at radius 3 is 2.24 bits per heavy atom. The molecule has 3 aromatic carbocycles. The molecule has 0 saturated carbocycles. The van der Waals surface area contributed by atoms with Crippen LogP contribution in [0.1, 0.15) is 11.1 Å². The van der Waals surface area contributed by atoms with Crippen molar-refractivity contribution in [2.45, 2.75) is 0 Å². The molecule has 38 heavy (non-hydrogen) atoms. The van der Waals surface area contributed by atoms with Gasteiger partial charge in [0.05, 0.1) is 31.8 Å². The molecule has 0 fully saturated rings. The van der Waals surface area contributed by atoms with Gasteiger partial charge < -0.3 is 9.47 Å². The van der Waals surface area contributed by atoms with Crippen molar-refractivity contribution in [1.82, 2.24) is 14.5 Å². The predicted molar refractivity (Wildman–Crippen MR) is 144 cm³/mol. The Morgan fingerprint density at radius 1 is 0.868 bits per heavy atom. The molecule has 0 aliphatic carbocycles. The maximum atomic E-state index is 14.0. The maximum Gasteiger partial charge on any atom is 0.299 e. The van der Waals surface area contributed by atoms with Gasteiger partial charge in [-0.2, -0.15) is 24.8 Å². The smallest absolute Gasteiger partial charge is 0.299 e. The normalized spacial score (nSPS) is 11.0. The number of hydrogen-bond donors (Lipinski definition) is 0. The molecule has 0 atom stereocenters. The minimum Gasteiger partial charge on any atom is -0.496 e. The second-order valence-corrected chi connectivity index (χ2v) is 8.13. The van der Waals surface area contributed by atoms with Gasteiger partial charge in [0.25, 0.3) is 11.1 Å². The van der Waals surface area contributed by atoms with Gasteiger partial charge >= 0.3 is 0 Å². The van der Waals surface area contributed by atoms with E-state index < -0.39 is 11.1 Å². The highest BCUT2D eigenvalue weighted by Crippen LogP contribution is 2.31. The van der Waals surface area contributed by atoms with Gasteiger partial charge in [0, 0.05) is 16.5 Å². The summed E-state index contributed by atoms with van der Waals surface area (Å²) in [6, 6.07) is 26.5. The fourth-order valence-electron chi connectivity index (χ4n) is 4.15. The minimum atomic E-state index is -0.633. The standard InChI is InChI=1S/C29H21N5O4/c1-37-25-14-8-6-10-19(25)18-31-34-24(21-13-7-9-15-26(21)38-2)16-22-23(17-30)28(35)33(32-27(22)29(34)36)20-11-4-3-5-12-20/h3-16,18H,1-2H3. The molecular formula is C29H21N5O4. The summed E-state index contributed by atoms with van der Waals surface area (Å²) in [6.45, 7) is 0. The van der Waals surface area contributed by atoms with Gasteiger partial charge in [-0.15, -0.1) is 0 Å². The molecule has 5 aromatic rings. The van der Waals surface area contributed by atoms with Crippen LogP contribution in [0.3, 0.4) is 0 Å². The Morgan fingerprint density at radius 2 is 1.53 bits per heavy atom. The Hall–Kier alpha value is -5.49. The lowest BCUT2D eigenvalue weighted by Crippen LogP contribution is -2.29. The second-order valence-electron chi connectivity index (χ2n) is 8.13. The predicted octanol–water partition coefficient (Wildman–Crippen LogP) is 3.99. The zero-order valence-corrected chi connectivity index (χ0v) is 20.5. The number of nitrogens with zero attached hydrogens (tertiary/aromatic N) is 5. The first-order valence-corrected chi connectivity index (χ1v) is 11.6. The molecule has 0 amide bonds.